The Balaban J connectivity index is 1.96. The molecule has 1 saturated heterocycles. The van der Waals surface area contributed by atoms with Crippen molar-refractivity contribution in [1.29, 1.82) is 0 Å². The number of halogens is 1. The van der Waals surface area contributed by atoms with Crippen molar-refractivity contribution in [1.82, 2.24) is 4.90 Å². The van der Waals surface area contributed by atoms with E-state index in [-0.39, 0.29) is 0 Å². The van der Waals surface area contributed by atoms with E-state index in [0.717, 1.165) is 0 Å². The molecule has 0 radical (unpaired) electrons. The molecule has 0 N–H and O–H groups in total. The number of likely N-dealkylation sites (tertiary alicyclic amines) is 1. The lowest BCUT2D eigenvalue weighted by atomic mass is 10.1. The predicted molar refractivity (Wildman–Crippen MR) is 59.5 cm³/mol. The van der Waals surface area contributed by atoms with E-state index < -0.39 is 0 Å². The molecule has 0 unspecified atom stereocenters. The van der Waals surface area contributed by atoms with Gasteiger partial charge < -0.3 is 4.90 Å². The third kappa shape index (κ3) is 4.87. The molecular weight excluding hydrogens is 182 g/mol. The molecule has 1 rings (SSSR count). The normalized spacial score (nSPS) is 20.8. The number of hydrogen-bond acceptors (Lipinski definition) is 1. The monoisotopic (exact) mass is 203 g/mol. The fourth-order valence-corrected chi connectivity index (χ4v) is 2.08. The van der Waals surface area contributed by atoms with Gasteiger partial charge in [-0.1, -0.05) is 26.2 Å². The Morgan fingerprint density at radius 1 is 1.15 bits per heavy atom. The molecule has 0 aliphatic carbocycles. The van der Waals surface area contributed by atoms with E-state index in [4.69, 9.17) is 11.6 Å². The van der Waals surface area contributed by atoms with E-state index in [2.05, 4.69) is 11.8 Å². The summed E-state index contributed by atoms with van der Waals surface area (Å²) < 4.78 is 0. The SMILES string of the molecule is CCCCCCN1CCC(Cl)CC1. The Hall–Kier alpha value is 0.250. The Bertz CT molecular complexity index is 119. The van der Waals surface area contributed by atoms with Crippen molar-refractivity contribution in [3.8, 4) is 0 Å². The van der Waals surface area contributed by atoms with Crippen LogP contribution in [0, 0.1) is 0 Å². The van der Waals surface area contributed by atoms with Gasteiger partial charge in [0, 0.05) is 5.38 Å². The van der Waals surface area contributed by atoms with Crippen LogP contribution in [0.3, 0.4) is 0 Å². The number of hydrogen-bond donors (Lipinski definition) is 0. The second-order valence-electron chi connectivity index (χ2n) is 4.08. The summed E-state index contributed by atoms with van der Waals surface area (Å²) in [7, 11) is 0. The van der Waals surface area contributed by atoms with Crippen LogP contribution in [0.15, 0.2) is 0 Å². The first-order valence-corrected chi connectivity index (χ1v) is 6.13. The van der Waals surface area contributed by atoms with Gasteiger partial charge in [0.1, 0.15) is 0 Å². The van der Waals surface area contributed by atoms with E-state index in [9.17, 15) is 0 Å². The molecular formula is C11H22ClN. The quantitative estimate of drug-likeness (QED) is 0.490. The van der Waals surface area contributed by atoms with Crippen molar-refractivity contribution < 1.29 is 0 Å². The molecule has 0 spiro atoms. The van der Waals surface area contributed by atoms with Crippen LogP contribution in [0.2, 0.25) is 0 Å². The molecule has 1 aliphatic rings. The highest BCUT2D eigenvalue weighted by atomic mass is 35.5. The fourth-order valence-electron chi connectivity index (χ4n) is 1.89. The fraction of sp³-hybridized carbons (Fsp3) is 1.00. The lowest BCUT2D eigenvalue weighted by Crippen LogP contribution is -2.34. The zero-order chi connectivity index (χ0) is 9.52. The molecule has 0 bridgehead atoms. The molecule has 1 fully saturated rings. The van der Waals surface area contributed by atoms with Crippen LogP contribution in [-0.2, 0) is 0 Å². The summed E-state index contributed by atoms with van der Waals surface area (Å²) in [4.78, 5) is 2.56. The Morgan fingerprint density at radius 3 is 2.46 bits per heavy atom. The van der Waals surface area contributed by atoms with E-state index in [1.165, 1.54) is 58.2 Å². The van der Waals surface area contributed by atoms with Gasteiger partial charge in [-0.25, -0.2) is 0 Å². The first-order valence-electron chi connectivity index (χ1n) is 5.69. The molecule has 1 heterocycles. The third-order valence-corrected chi connectivity index (χ3v) is 3.28. The summed E-state index contributed by atoms with van der Waals surface area (Å²) in [6.07, 6.45) is 7.89. The van der Waals surface area contributed by atoms with Crippen molar-refractivity contribution in [2.45, 2.75) is 50.8 Å². The van der Waals surface area contributed by atoms with Crippen molar-refractivity contribution in [2.24, 2.45) is 0 Å². The summed E-state index contributed by atoms with van der Waals surface area (Å²) in [5.74, 6) is 0. The van der Waals surface area contributed by atoms with Crippen LogP contribution < -0.4 is 0 Å². The summed E-state index contributed by atoms with van der Waals surface area (Å²) in [6.45, 7) is 6.00. The molecule has 0 aromatic carbocycles. The maximum atomic E-state index is 6.04. The van der Waals surface area contributed by atoms with Gasteiger partial charge in [0.15, 0.2) is 0 Å². The summed E-state index contributed by atoms with van der Waals surface area (Å²) in [5.41, 5.74) is 0. The molecule has 1 aliphatic heterocycles. The first kappa shape index (κ1) is 11.3. The van der Waals surface area contributed by atoms with Crippen LogP contribution in [0.1, 0.15) is 45.4 Å². The number of piperidine rings is 1. The minimum absolute atomic E-state index is 0.451. The number of unbranched alkanes of at least 4 members (excludes halogenated alkanes) is 3. The van der Waals surface area contributed by atoms with E-state index >= 15 is 0 Å². The molecule has 0 atom stereocenters. The van der Waals surface area contributed by atoms with E-state index in [0.29, 0.717) is 5.38 Å². The Kier molecular flexibility index (Phi) is 5.81. The second-order valence-corrected chi connectivity index (χ2v) is 4.69. The van der Waals surface area contributed by atoms with Gasteiger partial charge in [-0.2, -0.15) is 0 Å². The molecule has 0 aromatic heterocycles. The lowest BCUT2D eigenvalue weighted by Gasteiger charge is -2.29. The van der Waals surface area contributed by atoms with Gasteiger partial charge in [0.2, 0.25) is 0 Å². The predicted octanol–water partition coefficient (Wildman–Crippen LogP) is 3.27. The van der Waals surface area contributed by atoms with Gasteiger partial charge in [0.25, 0.3) is 0 Å². The lowest BCUT2D eigenvalue weighted by molar-refractivity contribution is 0.226. The van der Waals surface area contributed by atoms with E-state index in [1.54, 1.807) is 0 Å². The van der Waals surface area contributed by atoms with Crippen molar-refractivity contribution in [3.05, 3.63) is 0 Å². The molecule has 78 valence electrons. The Morgan fingerprint density at radius 2 is 1.85 bits per heavy atom. The highest BCUT2D eigenvalue weighted by molar-refractivity contribution is 6.20. The maximum absolute atomic E-state index is 6.04. The molecule has 0 saturated carbocycles. The summed E-state index contributed by atoms with van der Waals surface area (Å²) >= 11 is 6.04. The van der Waals surface area contributed by atoms with Crippen molar-refractivity contribution >= 4 is 11.6 Å². The molecule has 0 aromatic rings. The van der Waals surface area contributed by atoms with Gasteiger partial charge in [0.05, 0.1) is 0 Å². The number of nitrogens with zero attached hydrogens (tertiary/aromatic N) is 1. The van der Waals surface area contributed by atoms with Crippen LogP contribution in [0.5, 0.6) is 0 Å². The van der Waals surface area contributed by atoms with Crippen LogP contribution in [0.4, 0.5) is 0 Å². The average molecular weight is 204 g/mol. The van der Waals surface area contributed by atoms with Gasteiger partial charge in [-0.15, -0.1) is 11.6 Å². The molecule has 2 heteroatoms. The minimum Gasteiger partial charge on any atom is -0.303 e. The summed E-state index contributed by atoms with van der Waals surface area (Å²) in [6, 6.07) is 0. The van der Waals surface area contributed by atoms with Crippen LogP contribution in [-0.4, -0.2) is 29.9 Å². The zero-order valence-electron chi connectivity index (χ0n) is 8.77. The largest absolute Gasteiger partial charge is 0.303 e. The third-order valence-electron chi connectivity index (χ3n) is 2.85. The van der Waals surface area contributed by atoms with Gasteiger partial charge in [-0.05, 0) is 38.9 Å². The number of alkyl halides is 1. The Labute approximate surface area is 87.4 Å². The molecule has 13 heavy (non-hydrogen) atoms. The highest BCUT2D eigenvalue weighted by Gasteiger charge is 2.15. The summed E-state index contributed by atoms with van der Waals surface area (Å²) in [5, 5.41) is 0.451. The smallest absolute Gasteiger partial charge is 0.0360 e. The average Bonchev–Trinajstić information content (AvgIpc) is 2.15. The molecule has 0 amide bonds. The topological polar surface area (TPSA) is 3.24 Å². The zero-order valence-corrected chi connectivity index (χ0v) is 9.52. The van der Waals surface area contributed by atoms with Crippen LogP contribution >= 0.6 is 11.6 Å². The first-order chi connectivity index (χ1) is 6.33. The van der Waals surface area contributed by atoms with E-state index in [1.807, 2.05) is 0 Å². The minimum atomic E-state index is 0.451. The van der Waals surface area contributed by atoms with Gasteiger partial charge >= 0.3 is 0 Å². The van der Waals surface area contributed by atoms with Crippen molar-refractivity contribution in [3.63, 3.8) is 0 Å². The van der Waals surface area contributed by atoms with Gasteiger partial charge in [-0.3, -0.25) is 0 Å². The second kappa shape index (κ2) is 6.67. The van der Waals surface area contributed by atoms with Crippen LogP contribution in [0.25, 0.3) is 0 Å². The standard InChI is InChI=1S/C11H22ClN/c1-2-3-4-5-8-13-9-6-11(12)7-10-13/h11H,2-10H2,1H3. The molecule has 1 nitrogen and oxygen atoms in total. The highest BCUT2D eigenvalue weighted by Crippen LogP contribution is 2.15. The number of rotatable bonds is 5. The maximum Gasteiger partial charge on any atom is 0.0360 e. The van der Waals surface area contributed by atoms with Crippen molar-refractivity contribution in [2.75, 3.05) is 19.6 Å².